The molecule has 0 radical (unpaired) electrons. The van der Waals surface area contributed by atoms with Crippen LogP contribution in [0.3, 0.4) is 0 Å². The van der Waals surface area contributed by atoms with Crippen LogP contribution in [0.5, 0.6) is 0 Å². The third-order valence-electron chi connectivity index (χ3n) is 4.12. The molecule has 0 amide bonds. The summed E-state index contributed by atoms with van der Waals surface area (Å²) in [6.45, 7) is 8.25. The van der Waals surface area contributed by atoms with Crippen molar-refractivity contribution in [2.24, 2.45) is 0 Å². The van der Waals surface area contributed by atoms with Crippen molar-refractivity contribution in [3.8, 4) is 0 Å². The molecule has 0 heterocycles. The highest BCUT2D eigenvalue weighted by Crippen LogP contribution is 2.32. The van der Waals surface area contributed by atoms with Crippen LogP contribution < -0.4 is 0 Å². The van der Waals surface area contributed by atoms with E-state index >= 15 is 0 Å². The monoisotopic (exact) mass is 283 g/mol. The van der Waals surface area contributed by atoms with Crippen molar-refractivity contribution in [3.05, 3.63) is 70.8 Å². The Kier molecular flexibility index (Phi) is 5.54. The number of hydrogen-bond donors (Lipinski definition) is 1. The van der Waals surface area contributed by atoms with Crippen LogP contribution in [-0.2, 0) is 0 Å². The van der Waals surface area contributed by atoms with Crippen LogP contribution >= 0.6 is 0 Å². The average molecular weight is 283 g/mol. The summed E-state index contributed by atoms with van der Waals surface area (Å²) in [6, 6.07) is 17.3. The van der Waals surface area contributed by atoms with Gasteiger partial charge in [0.05, 0.1) is 12.6 Å². The van der Waals surface area contributed by atoms with Gasteiger partial charge in [0.25, 0.3) is 0 Å². The minimum absolute atomic E-state index is 0.183. The number of likely N-dealkylation sites (N-methyl/N-ethyl adjacent to an activating group) is 1. The number of nitrogens with zero attached hydrogens (tertiary/aromatic N) is 1. The predicted octanol–water partition coefficient (Wildman–Crippen LogP) is 3.71. The largest absolute Gasteiger partial charge is 0.395 e. The molecule has 0 saturated heterocycles. The summed E-state index contributed by atoms with van der Waals surface area (Å²) < 4.78 is 0. The number of aliphatic hydroxyl groups excluding tert-OH is 1. The molecule has 2 nitrogen and oxygen atoms in total. The first-order valence-electron chi connectivity index (χ1n) is 7.65. The number of aliphatic hydroxyl groups is 1. The lowest BCUT2D eigenvalue weighted by Crippen LogP contribution is -2.33. The molecule has 0 aromatic heterocycles. The summed E-state index contributed by atoms with van der Waals surface area (Å²) in [5, 5.41) is 9.41. The lowest BCUT2D eigenvalue weighted by Gasteiger charge is -2.33. The number of aryl methyl sites for hydroxylation is 2. The van der Waals surface area contributed by atoms with Gasteiger partial charge in [-0.3, -0.25) is 4.90 Å². The topological polar surface area (TPSA) is 23.5 Å². The Bertz CT molecular complexity index is 534. The van der Waals surface area contributed by atoms with Gasteiger partial charge in [0, 0.05) is 6.54 Å². The quantitative estimate of drug-likeness (QED) is 0.873. The molecule has 0 saturated carbocycles. The summed E-state index contributed by atoms with van der Waals surface area (Å²) in [7, 11) is 0. The minimum Gasteiger partial charge on any atom is -0.395 e. The lowest BCUT2D eigenvalue weighted by molar-refractivity contribution is 0.174. The Morgan fingerprint density at radius 2 is 1.38 bits per heavy atom. The van der Waals surface area contributed by atoms with Gasteiger partial charge in [0.1, 0.15) is 0 Å². The summed E-state index contributed by atoms with van der Waals surface area (Å²) in [4.78, 5) is 2.34. The standard InChI is InChI=1S/C19H25NO/c1-4-20(13-14-21)19(17-11-7-5-9-15(17)2)18-12-8-6-10-16(18)3/h5-12,19,21H,4,13-14H2,1-3H3. The first kappa shape index (κ1) is 15.7. The van der Waals surface area contributed by atoms with Gasteiger partial charge in [-0.25, -0.2) is 0 Å². The summed E-state index contributed by atoms with van der Waals surface area (Å²) in [5.41, 5.74) is 5.23. The van der Waals surface area contributed by atoms with Crippen molar-refractivity contribution in [3.63, 3.8) is 0 Å². The molecule has 0 spiro atoms. The summed E-state index contributed by atoms with van der Waals surface area (Å²) in [6.07, 6.45) is 0. The lowest BCUT2D eigenvalue weighted by atomic mass is 9.91. The molecular weight excluding hydrogens is 258 g/mol. The molecule has 0 unspecified atom stereocenters. The Morgan fingerprint density at radius 1 is 0.905 bits per heavy atom. The SMILES string of the molecule is CCN(CCO)C(c1ccccc1C)c1ccccc1C. The maximum atomic E-state index is 9.41. The molecular formula is C19H25NO. The van der Waals surface area contributed by atoms with E-state index in [1.165, 1.54) is 22.3 Å². The fourth-order valence-corrected chi connectivity index (χ4v) is 2.95. The van der Waals surface area contributed by atoms with Gasteiger partial charge in [0.15, 0.2) is 0 Å². The van der Waals surface area contributed by atoms with Crippen LogP contribution in [0.1, 0.15) is 35.2 Å². The molecule has 2 aromatic carbocycles. The van der Waals surface area contributed by atoms with Crippen molar-refractivity contribution in [1.82, 2.24) is 4.90 Å². The molecule has 0 aliphatic carbocycles. The Morgan fingerprint density at radius 3 is 1.76 bits per heavy atom. The van der Waals surface area contributed by atoms with E-state index in [9.17, 15) is 5.11 Å². The molecule has 2 rings (SSSR count). The zero-order chi connectivity index (χ0) is 15.2. The van der Waals surface area contributed by atoms with E-state index in [1.54, 1.807) is 0 Å². The molecule has 1 N–H and O–H groups in total. The fraction of sp³-hybridized carbons (Fsp3) is 0.368. The van der Waals surface area contributed by atoms with Crippen LogP contribution in [0.25, 0.3) is 0 Å². The minimum atomic E-state index is 0.183. The van der Waals surface area contributed by atoms with Gasteiger partial charge >= 0.3 is 0 Å². The van der Waals surface area contributed by atoms with E-state index in [4.69, 9.17) is 0 Å². The fourth-order valence-electron chi connectivity index (χ4n) is 2.95. The molecule has 0 aliphatic heterocycles. The van der Waals surface area contributed by atoms with Crippen molar-refractivity contribution < 1.29 is 5.11 Å². The molecule has 112 valence electrons. The van der Waals surface area contributed by atoms with Gasteiger partial charge in [-0.2, -0.15) is 0 Å². The normalized spacial score (nSPS) is 11.3. The molecule has 0 fully saturated rings. The average Bonchev–Trinajstić information content (AvgIpc) is 2.50. The smallest absolute Gasteiger partial charge is 0.0607 e. The van der Waals surface area contributed by atoms with Crippen LogP contribution in [0.15, 0.2) is 48.5 Å². The van der Waals surface area contributed by atoms with E-state index in [0.717, 1.165) is 6.54 Å². The molecule has 2 heteroatoms. The zero-order valence-corrected chi connectivity index (χ0v) is 13.2. The van der Waals surface area contributed by atoms with Crippen LogP contribution in [0.2, 0.25) is 0 Å². The third-order valence-corrected chi connectivity index (χ3v) is 4.12. The van der Waals surface area contributed by atoms with Crippen molar-refractivity contribution in [1.29, 1.82) is 0 Å². The number of rotatable bonds is 6. The van der Waals surface area contributed by atoms with Crippen LogP contribution in [0.4, 0.5) is 0 Å². The van der Waals surface area contributed by atoms with Gasteiger partial charge in [-0.05, 0) is 42.6 Å². The van der Waals surface area contributed by atoms with E-state index in [2.05, 4.69) is 74.2 Å². The van der Waals surface area contributed by atoms with Crippen molar-refractivity contribution in [2.75, 3.05) is 19.7 Å². The highest BCUT2D eigenvalue weighted by molar-refractivity contribution is 5.40. The Hall–Kier alpha value is -1.64. The zero-order valence-electron chi connectivity index (χ0n) is 13.2. The van der Waals surface area contributed by atoms with Crippen LogP contribution in [-0.4, -0.2) is 29.7 Å². The second-order valence-corrected chi connectivity index (χ2v) is 5.47. The highest BCUT2D eigenvalue weighted by Gasteiger charge is 2.23. The van der Waals surface area contributed by atoms with Gasteiger partial charge < -0.3 is 5.11 Å². The summed E-state index contributed by atoms with van der Waals surface area (Å²) in [5.74, 6) is 0. The van der Waals surface area contributed by atoms with E-state index < -0.39 is 0 Å². The maximum Gasteiger partial charge on any atom is 0.0607 e. The second kappa shape index (κ2) is 7.39. The first-order valence-corrected chi connectivity index (χ1v) is 7.65. The van der Waals surface area contributed by atoms with Crippen molar-refractivity contribution >= 4 is 0 Å². The van der Waals surface area contributed by atoms with Gasteiger partial charge in [-0.15, -0.1) is 0 Å². The van der Waals surface area contributed by atoms with E-state index in [-0.39, 0.29) is 12.6 Å². The van der Waals surface area contributed by atoms with E-state index in [0.29, 0.717) is 6.54 Å². The maximum absolute atomic E-state index is 9.41. The predicted molar refractivity (Wildman–Crippen MR) is 88.5 cm³/mol. The van der Waals surface area contributed by atoms with Crippen molar-refractivity contribution in [2.45, 2.75) is 26.8 Å². The molecule has 0 aliphatic rings. The highest BCUT2D eigenvalue weighted by atomic mass is 16.3. The molecule has 0 bridgehead atoms. The third kappa shape index (κ3) is 3.52. The number of hydrogen-bond acceptors (Lipinski definition) is 2. The Balaban J connectivity index is 2.54. The first-order chi connectivity index (χ1) is 10.2. The van der Waals surface area contributed by atoms with Gasteiger partial charge in [0.2, 0.25) is 0 Å². The number of benzene rings is 2. The van der Waals surface area contributed by atoms with Gasteiger partial charge in [-0.1, -0.05) is 55.5 Å². The van der Waals surface area contributed by atoms with Crippen LogP contribution in [0, 0.1) is 13.8 Å². The molecule has 0 atom stereocenters. The molecule has 21 heavy (non-hydrogen) atoms. The van der Waals surface area contributed by atoms with E-state index in [1.807, 2.05) is 0 Å². The Labute approximate surface area is 128 Å². The second-order valence-electron chi connectivity index (χ2n) is 5.47. The summed E-state index contributed by atoms with van der Waals surface area (Å²) >= 11 is 0. The molecule has 2 aromatic rings.